The van der Waals surface area contributed by atoms with Gasteiger partial charge in [0.1, 0.15) is 0 Å². The number of hydrogen-bond acceptors (Lipinski definition) is 5. The van der Waals surface area contributed by atoms with Gasteiger partial charge in [0, 0.05) is 19.0 Å². The zero-order chi connectivity index (χ0) is 13.8. The van der Waals surface area contributed by atoms with Gasteiger partial charge in [-0.1, -0.05) is 24.9 Å². The minimum atomic E-state index is 0.516. The van der Waals surface area contributed by atoms with Gasteiger partial charge in [-0.2, -0.15) is 4.98 Å². The van der Waals surface area contributed by atoms with Gasteiger partial charge in [0.15, 0.2) is 5.82 Å². The van der Waals surface area contributed by atoms with Gasteiger partial charge in [-0.25, -0.2) is 0 Å². The van der Waals surface area contributed by atoms with E-state index in [4.69, 9.17) is 4.52 Å². The molecule has 2 aliphatic rings. The molecule has 0 bridgehead atoms. The van der Waals surface area contributed by atoms with E-state index in [1.165, 1.54) is 32.1 Å². The Balaban J connectivity index is 1.58. The van der Waals surface area contributed by atoms with Crippen LogP contribution in [0.1, 0.15) is 56.7 Å². The molecular weight excluding hydrogens is 252 g/mol. The lowest BCUT2D eigenvalue weighted by atomic mass is 9.82. The van der Waals surface area contributed by atoms with Gasteiger partial charge in [-0.05, 0) is 38.3 Å². The van der Waals surface area contributed by atoms with Crippen LogP contribution in [0.25, 0.3) is 0 Å². The SMILES string of the molecule is CC1CCCC(c2noc(CN3CCCNCC3)n2)C1. The molecule has 2 atom stereocenters. The van der Waals surface area contributed by atoms with Crippen molar-refractivity contribution in [2.45, 2.75) is 51.5 Å². The second kappa shape index (κ2) is 6.68. The summed E-state index contributed by atoms with van der Waals surface area (Å²) >= 11 is 0. The van der Waals surface area contributed by atoms with E-state index < -0.39 is 0 Å². The van der Waals surface area contributed by atoms with Crippen molar-refractivity contribution in [3.63, 3.8) is 0 Å². The first-order valence-electron chi connectivity index (χ1n) is 8.07. The fourth-order valence-electron chi connectivity index (χ4n) is 3.42. The topological polar surface area (TPSA) is 54.2 Å². The molecule has 0 amide bonds. The minimum Gasteiger partial charge on any atom is -0.338 e. The van der Waals surface area contributed by atoms with E-state index in [9.17, 15) is 0 Å². The Kier molecular flexibility index (Phi) is 4.68. The summed E-state index contributed by atoms with van der Waals surface area (Å²) in [7, 11) is 0. The molecule has 2 fully saturated rings. The van der Waals surface area contributed by atoms with E-state index in [2.05, 4.69) is 27.3 Å². The highest BCUT2D eigenvalue weighted by Gasteiger charge is 2.25. The minimum absolute atomic E-state index is 0.516. The van der Waals surface area contributed by atoms with Crippen molar-refractivity contribution in [2.75, 3.05) is 26.2 Å². The number of aromatic nitrogens is 2. The Bertz CT molecular complexity index is 412. The number of hydrogen-bond donors (Lipinski definition) is 1. The normalized spacial score (nSPS) is 29.2. The van der Waals surface area contributed by atoms with Gasteiger partial charge in [-0.3, -0.25) is 4.90 Å². The molecule has 2 heterocycles. The second-order valence-corrected chi connectivity index (χ2v) is 6.39. The van der Waals surface area contributed by atoms with Crippen molar-refractivity contribution in [3.8, 4) is 0 Å². The second-order valence-electron chi connectivity index (χ2n) is 6.39. The van der Waals surface area contributed by atoms with Crippen LogP contribution in [0.3, 0.4) is 0 Å². The summed E-state index contributed by atoms with van der Waals surface area (Å²) in [4.78, 5) is 7.06. The van der Waals surface area contributed by atoms with Gasteiger partial charge in [0.25, 0.3) is 0 Å². The Hall–Kier alpha value is -0.940. The fourth-order valence-corrected chi connectivity index (χ4v) is 3.42. The van der Waals surface area contributed by atoms with Crippen LogP contribution >= 0.6 is 0 Å². The summed E-state index contributed by atoms with van der Waals surface area (Å²) in [6, 6.07) is 0. The molecule has 20 heavy (non-hydrogen) atoms. The summed E-state index contributed by atoms with van der Waals surface area (Å²) < 4.78 is 5.47. The lowest BCUT2D eigenvalue weighted by Crippen LogP contribution is -2.27. The third-order valence-electron chi connectivity index (χ3n) is 4.58. The zero-order valence-electron chi connectivity index (χ0n) is 12.5. The molecule has 0 aromatic carbocycles. The molecule has 1 saturated heterocycles. The third kappa shape index (κ3) is 3.58. The molecule has 1 saturated carbocycles. The van der Waals surface area contributed by atoms with Gasteiger partial charge >= 0.3 is 0 Å². The molecular formula is C15H26N4O. The number of rotatable bonds is 3. The molecule has 112 valence electrons. The molecule has 3 rings (SSSR count). The largest absolute Gasteiger partial charge is 0.338 e. The van der Waals surface area contributed by atoms with Crippen molar-refractivity contribution in [2.24, 2.45) is 5.92 Å². The summed E-state index contributed by atoms with van der Waals surface area (Å²) in [5.74, 6) is 3.05. The lowest BCUT2D eigenvalue weighted by Gasteiger charge is -2.23. The predicted octanol–water partition coefficient (Wildman–Crippen LogP) is 2.16. The first-order valence-corrected chi connectivity index (χ1v) is 8.07. The third-order valence-corrected chi connectivity index (χ3v) is 4.58. The van der Waals surface area contributed by atoms with Crippen LogP contribution in [0.15, 0.2) is 4.52 Å². The van der Waals surface area contributed by atoms with Crippen LogP contribution in [0.4, 0.5) is 0 Å². The maximum Gasteiger partial charge on any atom is 0.240 e. The molecule has 0 radical (unpaired) electrons. The van der Waals surface area contributed by atoms with Crippen LogP contribution in [0.2, 0.25) is 0 Å². The molecule has 0 spiro atoms. The van der Waals surface area contributed by atoms with E-state index in [1.807, 2.05) is 0 Å². The number of nitrogens with zero attached hydrogens (tertiary/aromatic N) is 3. The Morgan fingerprint density at radius 1 is 1.25 bits per heavy atom. The molecule has 1 aliphatic carbocycles. The van der Waals surface area contributed by atoms with E-state index in [0.29, 0.717) is 5.92 Å². The van der Waals surface area contributed by atoms with Crippen LogP contribution in [-0.4, -0.2) is 41.2 Å². The fraction of sp³-hybridized carbons (Fsp3) is 0.867. The van der Waals surface area contributed by atoms with Gasteiger partial charge in [-0.15, -0.1) is 0 Å². The van der Waals surface area contributed by atoms with Crippen molar-refractivity contribution >= 4 is 0 Å². The molecule has 1 aromatic rings. The van der Waals surface area contributed by atoms with E-state index in [1.54, 1.807) is 0 Å². The monoisotopic (exact) mass is 278 g/mol. The highest BCUT2D eigenvalue weighted by atomic mass is 16.5. The lowest BCUT2D eigenvalue weighted by molar-refractivity contribution is 0.238. The van der Waals surface area contributed by atoms with Gasteiger partial charge in [0.05, 0.1) is 6.54 Å². The summed E-state index contributed by atoms with van der Waals surface area (Å²) in [5.41, 5.74) is 0. The average Bonchev–Trinajstić information content (AvgIpc) is 2.75. The molecule has 1 aliphatic heterocycles. The quantitative estimate of drug-likeness (QED) is 0.918. The molecule has 5 nitrogen and oxygen atoms in total. The van der Waals surface area contributed by atoms with Crippen LogP contribution in [0.5, 0.6) is 0 Å². The number of nitrogens with one attached hydrogen (secondary N) is 1. The van der Waals surface area contributed by atoms with Gasteiger partial charge < -0.3 is 9.84 Å². The van der Waals surface area contributed by atoms with Crippen LogP contribution in [0, 0.1) is 5.92 Å². The van der Waals surface area contributed by atoms with Crippen molar-refractivity contribution in [3.05, 3.63) is 11.7 Å². The summed E-state index contributed by atoms with van der Waals surface area (Å²) in [5, 5.41) is 7.65. The van der Waals surface area contributed by atoms with Crippen molar-refractivity contribution < 1.29 is 4.52 Å². The van der Waals surface area contributed by atoms with Crippen molar-refractivity contribution in [1.29, 1.82) is 0 Å². The van der Waals surface area contributed by atoms with E-state index >= 15 is 0 Å². The van der Waals surface area contributed by atoms with E-state index in [0.717, 1.165) is 50.4 Å². The highest BCUT2D eigenvalue weighted by Crippen LogP contribution is 2.34. The Morgan fingerprint density at radius 2 is 2.20 bits per heavy atom. The smallest absolute Gasteiger partial charge is 0.240 e. The van der Waals surface area contributed by atoms with E-state index in [-0.39, 0.29) is 0 Å². The standard InChI is InChI=1S/C15H26N4O/c1-12-4-2-5-13(10-12)15-17-14(20-18-15)11-19-8-3-6-16-7-9-19/h12-13,16H,2-11H2,1H3. The molecule has 5 heteroatoms. The predicted molar refractivity (Wildman–Crippen MR) is 77.4 cm³/mol. The molecule has 2 unspecified atom stereocenters. The maximum atomic E-state index is 5.47. The first kappa shape index (κ1) is 14.0. The summed E-state index contributed by atoms with van der Waals surface area (Å²) in [6.45, 7) is 7.49. The van der Waals surface area contributed by atoms with Crippen molar-refractivity contribution in [1.82, 2.24) is 20.4 Å². The highest BCUT2D eigenvalue weighted by molar-refractivity contribution is 4.98. The Labute approximate surface area is 121 Å². The first-order chi connectivity index (χ1) is 9.81. The van der Waals surface area contributed by atoms with Crippen LogP contribution in [-0.2, 0) is 6.54 Å². The molecule has 1 N–H and O–H groups in total. The maximum absolute atomic E-state index is 5.47. The van der Waals surface area contributed by atoms with Crippen LogP contribution < -0.4 is 5.32 Å². The zero-order valence-corrected chi connectivity index (χ0v) is 12.5. The summed E-state index contributed by atoms with van der Waals surface area (Å²) in [6.07, 6.45) is 6.28. The average molecular weight is 278 g/mol. The molecule has 1 aromatic heterocycles. The van der Waals surface area contributed by atoms with Gasteiger partial charge in [0.2, 0.25) is 5.89 Å². The Morgan fingerprint density at radius 3 is 3.10 bits per heavy atom.